The lowest BCUT2D eigenvalue weighted by molar-refractivity contribution is 0.0223. The minimum atomic E-state index is -0.573. The summed E-state index contributed by atoms with van der Waals surface area (Å²) in [6, 6.07) is 1.86. The minimum Gasteiger partial charge on any atom is -0.444 e. The van der Waals surface area contributed by atoms with Crippen molar-refractivity contribution in [3.8, 4) is 0 Å². The van der Waals surface area contributed by atoms with Crippen molar-refractivity contribution < 1.29 is 14.3 Å². The Labute approximate surface area is 178 Å². The second kappa shape index (κ2) is 8.14. The van der Waals surface area contributed by atoms with Gasteiger partial charge in [0.2, 0.25) is 0 Å². The summed E-state index contributed by atoms with van der Waals surface area (Å²) in [5.41, 5.74) is 7.47. The summed E-state index contributed by atoms with van der Waals surface area (Å²) in [6.07, 6.45) is 4.35. The molecular formula is C20H26BrN5O3. The SMILES string of the molecule is CC[C@@H]1CN(C(=O)OC(C)(C)C)CCC1=Nc1c(C(N)=O)cnn2cc(Br)cc12. The quantitative estimate of drug-likeness (QED) is 0.744. The fraction of sp³-hybridized carbons (Fsp3) is 0.500. The van der Waals surface area contributed by atoms with Gasteiger partial charge in [-0.3, -0.25) is 9.79 Å². The molecule has 9 heteroatoms. The van der Waals surface area contributed by atoms with E-state index in [1.165, 1.54) is 6.20 Å². The first-order chi connectivity index (χ1) is 13.6. The highest BCUT2D eigenvalue weighted by Gasteiger charge is 2.30. The predicted molar refractivity (Wildman–Crippen MR) is 115 cm³/mol. The number of nitrogens with zero attached hydrogens (tertiary/aromatic N) is 4. The summed E-state index contributed by atoms with van der Waals surface area (Å²) in [6.45, 7) is 8.67. The molecule has 2 aromatic heterocycles. The zero-order chi connectivity index (χ0) is 21.3. The van der Waals surface area contributed by atoms with E-state index in [4.69, 9.17) is 15.5 Å². The molecule has 1 aliphatic heterocycles. The van der Waals surface area contributed by atoms with Crippen molar-refractivity contribution in [2.45, 2.75) is 46.1 Å². The van der Waals surface area contributed by atoms with Gasteiger partial charge in [-0.15, -0.1) is 0 Å². The number of aromatic nitrogens is 2. The smallest absolute Gasteiger partial charge is 0.410 e. The van der Waals surface area contributed by atoms with Crippen LogP contribution in [-0.2, 0) is 4.74 Å². The van der Waals surface area contributed by atoms with Crippen LogP contribution in [-0.4, -0.2) is 50.9 Å². The topological polar surface area (TPSA) is 102 Å². The van der Waals surface area contributed by atoms with Gasteiger partial charge in [0, 0.05) is 41.8 Å². The molecule has 0 bridgehead atoms. The molecule has 1 aliphatic rings. The van der Waals surface area contributed by atoms with E-state index in [1.807, 2.05) is 26.8 Å². The molecule has 2 amide bonds. The highest BCUT2D eigenvalue weighted by Crippen LogP contribution is 2.31. The molecule has 2 aromatic rings. The molecule has 0 aromatic carbocycles. The van der Waals surface area contributed by atoms with Crippen LogP contribution < -0.4 is 5.73 Å². The molecular weight excluding hydrogens is 438 g/mol. The number of ether oxygens (including phenoxy) is 1. The lowest BCUT2D eigenvalue weighted by Gasteiger charge is -2.34. The molecule has 0 aliphatic carbocycles. The van der Waals surface area contributed by atoms with Crippen LogP contribution >= 0.6 is 15.9 Å². The number of nitrogens with two attached hydrogens (primary N) is 1. The van der Waals surface area contributed by atoms with Crippen LogP contribution in [0.25, 0.3) is 5.52 Å². The van der Waals surface area contributed by atoms with Gasteiger partial charge in [-0.2, -0.15) is 5.10 Å². The number of amides is 2. The molecule has 1 atom stereocenters. The monoisotopic (exact) mass is 463 g/mol. The number of aliphatic imine (C=N–C) groups is 1. The molecule has 3 rings (SSSR count). The minimum absolute atomic E-state index is 0.0728. The lowest BCUT2D eigenvalue weighted by atomic mass is 9.93. The number of primary amides is 1. The van der Waals surface area contributed by atoms with Crippen molar-refractivity contribution >= 4 is 44.8 Å². The van der Waals surface area contributed by atoms with Crippen LogP contribution in [0, 0.1) is 5.92 Å². The number of piperidine rings is 1. The Bertz CT molecular complexity index is 976. The largest absolute Gasteiger partial charge is 0.444 e. The maximum atomic E-state index is 12.4. The lowest BCUT2D eigenvalue weighted by Crippen LogP contribution is -2.46. The van der Waals surface area contributed by atoms with Crippen LogP contribution in [0.1, 0.15) is 50.9 Å². The number of fused-ring (bicyclic) bond motifs is 1. The molecule has 1 saturated heterocycles. The van der Waals surface area contributed by atoms with Crippen molar-refractivity contribution in [3.05, 3.63) is 28.5 Å². The van der Waals surface area contributed by atoms with Crippen molar-refractivity contribution in [1.29, 1.82) is 0 Å². The Morgan fingerprint density at radius 3 is 2.76 bits per heavy atom. The van der Waals surface area contributed by atoms with Gasteiger partial charge in [-0.05, 0) is 49.2 Å². The molecule has 1 fully saturated rings. The molecule has 0 spiro atoms. The third kappa shape index (κ3) is 4.77. The van der Waals surface area contributed by atoms with Crippen molar-refractivity contribution in [2.75, 3.05) is 13.1 Å². The van der Waals surface area contributed by atoms with Crippen molar-refractivity contribution in [3.63, 3.8) is 0 Å². The molecule has 156 valence electrons. The average molecular weight is 464 g/mol. The van der Waals surface area contributed by atoms with E-state index in [-0.39, 0.29) is 17.6 Å². The van der Waals surface area contributed by atoms with Gasteiger partial charge in [0.25, 0.3) is 5.91 Å². The van der Waals surface area contributed by atoms with E-state index in [2.05, 4.69) is 28.0 Å². The number of halogens is 1. The molecule has 0 unspecified atom stereocenters. The maximum Gasteiger partial charge on any atom is 0.410 e. The Kier molecular flexibility index (Phi) is 5.97. The summed E-state index contributed by atoms with van der Waals surface area (Å²) < 4.78 is 8.00. The summed E-state index contributed by atoms with van der Waals surface area (Å²) in [5.74, 6) is -0.500. The van der Waals surface area contributed by atoms with E-state index in [1.54, 1.807) is 15.6 Å². The zero-order valence-electron chi connectivity index (χ0n) is 17.1. The highest BCUT2D eigenvalue weighted by atomic mass is 79.9. The van der Waals surface area contributed by atoms with E-state index in [0.29, 0.717) is 30.7 Å². The first-order valence-electron chi connectivity index (χ1n) is 9.61. The summed E-state index contributed by atoms with van der Waals surface area (Å²) >= 11 is 3.44. The van der Waals surface area contributed by atoms with E-state index in [9.17, 15) is 9.59 Å². The molecule has 3 heterocycles. The molecule has 0 radical (unpaired) electrons. The summed E-state index contributed by atoms with van der Waals surface area (Å²) in [7, 11) is 0. The van der Waals surface area contributed by atoms with Crippen molar-refractivity contribution in [2.24, 2.45) is 16.6 Å². The fourth-order valence-electron chi connectivity index (χ4n) is 3.37. The Morgan fingerprint density at radius 1 is 1.41 bits per heavy atom. The van der Waals surface area contributed by atoms with Gasteiger partial charge in [-0.1, -0.05) is 6.92 Å². The van der Waals surface area contributed by atoms with Crippen molar-refractivity contribution in [1.82, 2.24) is 14.5 Å². The number of hydrogen-bond acceptors (Lipinski definition) is 5. The van der Waals surface area contributed by atoms with Gasteiger partial charge >= 0.3 is 6.09 Å². The number of likely N-dealkylation sites (tertiary alicyclic amines) is 1. The number of rotatable bonds is 3. The van der Waals surface area contributed by atoms with Gasteiger partial charge < -0.3 is 15.4 Å². The summed E-state index contributed by atoms with van der Waals surface area (Å²) in [4.78, 5) is 31.0. The number of carbonyl (C=O) groups excluding carboxylic acids is 2. The number of carbonyl (C=O) groups is 2. The fourth-order valence-corrected chi connectivity index (χ4v) is 3.78. The molecule has 2 N–H and O–H groups in total. The van der Waals surface area contributed by atoms with Gasteiger partial charge in [0.15, 0.2) is 0 Å². The summed E-state index contributed by atoms with van der Waals surface area (Å²) in [5, 5.41) is 4.23. The standard InChI is InChI=1S/C20H26BrN5O3/c1-5-12-10-25(19(28)29-20(2,3)4)7-6-15(12)24-17-14(18(22)27)9-23-26-11-13(21)8-16(17)26/h8-9,11-12H,5-7,10H2,1-4H3,(H2,22,27)/t12-/m1/s1. The van der Waals surface area contributed by atoms with E-state index >= 15 is 0 Å². The van der Waals surface area contributed by atoms with Gasteiger partial charge in [0.05, 0.1) is 17.3 Å². The Hall–Kier alpha value is -2.42. The first kappa shape index (κ1) is 21.3. The van der Waals surface area contributed by atoms with Crippen LogP contribution in [0.5, 0.6) is 0 Å². The van der Waals surface area contributed by atoms with Crippen LogP contribution in [0.2, 0.25) is 0 Å². The second-order valence-corrected chi connectivity index (χ2v) is 9.06. The predicted octanol–water partition coefficient (Wildman–Crippen LogP) is 3.94. The van der Waals surface area contributed by atoms with Gasteiger partial charge in [-0.25, -0.2) is 9.31 Å². The third-order valence-corrected chi connectivity index (χ3v) is 5.22. The Balaban J connectivity index is 1.94. The third-order valence-electron chi connectivity index (χ3n) is 4.79. The molecule has 8 nitrogen and oxygen atoms in total. The molecule has 29 heavy (non-hydrogen) atoms. The first-order valence-corrected chi connectivity index (χ1v) is 10.4. The maximum absolute atomic E-state index is 12.4. The normalized spacial score (nSPS) is 19.0. The Morgan fingerprint density at radius 2 is 2.14 bits per heavy atom. The van der Waals surface area contributed by atoms with Crippen LogP contribution in [0.4, 0.5) is 10.5 Å². The number of hydrogen-bond donors (Lipinski definition) is 1. The van der Waals surface area contributed by atoms with E-state index in [0.717, 1.165) is 16.6 Å². The molecule has 0 saturated carbocycles. The van der Waals surface area contributed by atoms with E-state index < -0.39 is 11.5 Å². The zero-order valence-corrected chi connectivity index (χ0v) is 18.7. The second-order valence-electron chi connectivity index (χ2n) is 8.14. The van der Waals surface area contributed by atoms with Crippen LogP contribution in [0.3, 0.4) is 0 Å². The van der Waals surface area contributed by atoms with Gasteiger partial charge in [0.1, 0.15) is 11.3 Å². The average Bonchev–Trinajstić information content (AvgIpc) is 3.01. The highest BCUT2D eigenvalue weighted by molar-refractivity contribution is 9.10. The van der Waals surface area contributed by atoms with Crippen LogP contribution in [0.15, 0.2) is 27.9 Å².